The van der Waals surface area contributed by atoms with Crippen LogP contribution < -0.4 is 0 Å². The van der Waals surface area contributed by atoms with Crippen molar-refractivity contribution in [3.8, 4) is 6.07 Å². The Morgan fingerprint density at radius 2 is 2.14 bits per heavy atom. The SMILES string of the molecule is CC(C)(C#N)c1cc(Br)ccc1CO. The lowest BCUT2D eigenvalue weighted by Crippen LogP contribution is -2.16. The van der Waals surface area contributed by atoms with Crippen LogP contribution in [0.15, 0.2) is 22.7 Å². The smallest absolute Gasteiger partial charge is 0.0770 e. The summed E-state index contributed by atoms with van der Waals surface area (Å²) >= 11 is 3.36. The van der Waals surface area contributed by atoms with E-state index in [0.717, 1.165) is 15.6 Å². The van der Waals surface area contributed by atoms with E-state index in [1.165, 1.54) is 0 Å². The van der Waals surface area contributed by atoms with Crippen LogP contribution in [0.1, 0.15) is 25.0 Å². The van der Waals surface area contributed by atoms with Crippen molar-refractivity contribution in [2.45, 2.75) is 25.9 Å². The molecule has 3 heteroatoms. The van der Waals surface area contributed by atoms with Crippen LogP contribution in [0.5, 0.6) is 0 Å². The highest BCUT2D eigenvalue weighted by Gasteiger charge is 2.22. The molecule has 0 saturated carbocycles. The van der Waals surface area contributed by atoms with E-state index in [1.54, 1.807) is 0 Å². The molecule has 0 unspecified atom stereocenters. The van der Waals surface area contributed by atoms with Crippen molar-refractivity contribution in [1.29, 1.82) is 5.26 Å². The summed E-state index contributed by atoms with van der Waals surface area (Å²) < 4.78 is 0.924. The molecule has 0 heterocycles. The summed E-state index contributed by atoms with van der Waals surface area (Å²) in [7, 11) is 0. The third-order valence-electron chi connectivity index (χ3n) is 2.20. The Labute approximate surface area is 92.3 Å². The lowest BCUT2D eigenvalue weighted by atomic mass is 9.83. The lowest BCUT2D eigenvalue weighted by molar-refractivity contribution is 0.279. The van der Waals surface area contributed by atoms with E-state index in [9.17, 15) is 0 Å². The third kappa shape index (κ3) is 2.14. The summed E-state index contributed by atoms with van der Waals surface area (Å²) in [5.74, 6) is 0. The zero-order chi connectivity index (χ0) is 10.8. The van der Waals surface area contributed by atoms with Gasteiger partial charge < -0.3 is 5.11 Å². The molecule has 0 spiro atoms. The molecule has 0 aliphatic carbocycles. The summed E-state index contributed by atoms with van der Waals surface area (Å²) in [6.07, 6.45) is 0. The van der Waals surface area contributed by atoms with E-state index in [0.29, 0.717) is 0 Å². The Kier molecular flexibility index (Phi) is 3.30. The number of aliphatic hydroxyl groups excluding tert-OH is 1. The molecule has 0 bridgehead atoms. The van der Waals surface area contributed by atoms with Gasteiger partial charge in [0.2, 0.25) is 0 Å². The van der Waals surface area contributed by atoms with Crippen molar-refractivity contribution < 1.29 is 5.11 Å². The first kappa shape index (κ1) is 11.2. The van der Waals surface area contributed by atoms with E-state index >= 15 is 0 Å². The minimum atomic E-state index is -0.568. The topological polar surface area (TPSA) is 44.0 Å². The number of halogens is 1. The second kappa shape index (κ2) is 4.12. The zero-order valence-electron chi connectivity index (χ0n) is 8.21. The molecule has 2 nitrogen and oxygen atoms in total. The monoisotopic (exact) mass is 253 g/mol. The first-order valence-corrected chi connectivity index (χ1v) is 5.11. The second-order valence-corrected chi connectivity index (χ2v) is 4.61. The highest BCUT2D eigenvalue weighted by molar-refractivity contribution is 9.10. The van der Waals surface area contributed by atoms with E-state index < -0.39 is 5.41 Å². The van der Waals surface area contributed by atoms with E-state index in [1.807, 2.05) is 32.0 Å². The maximum Gasteiger partial charge on any atom is 0.0770 e. The average molecular weight is 254 g/mol. The fourth-order valence-electron chi connectivity index (χ4n) is 1.33. The molecule has 0 aliphatic heterocycles. The van der Waals surface area contributed by atoms with Gasteiger partial charge in [-0.05, 0) is 37.1 Å². The van der Waals surface area contributed by atoms with Crippen LogP contribution in [0.25, 0.3) is 0 Å². The molecule has 0 atom stereocenters. The number of rotatable bonds is 2. The van der Waals surface area contributed by atoms with E-state index in [4.69, 9.17) is 10.4 Å². The van der Waals surface area contributed by atoms with Crippen molar-refractivity contribution in [3.63, 3.8) is 0 Å². The Hall–Kier alpha value is -0.850. The molecule has 0 aromatic heterocycles. The molecule has 1 rings (SSSR count). The van der Waals surface area contributed by atoms with Crippen molar-refractivity contribution in [2.24, 2.45) is 0 Å². The van der Waals surface area contributed by atoms with Crippen LogP contribution in [-0.2, 0) is 12.0 Å². The predicted octanol–water partition coefficient (Wildman–Crippen LogP) is 2.74. The fourth-order valence-corrected chi connectivity index (χ4v) is 1.69. The maximum absolute atomic E-state index is 9.14. The highest BCUT2D eigenvalue weighted by atomic mass is 79.9. The Morgan fingerprint density at radius 1 is 1.50 bits per heavy atom. The minimum Gasteiger partial charge on any atom is -0.392 e. The van der Waals surface area contributed by atoms with Crippen LogP contribution in [0.3, 0.4) is 0 Å². The van der Waals surface area contributed by atoms with Crippen molar-refractivity contribution in [3.05, 3.63) is 33.8 Å². The first-order valence-electron chi connectivity index (χ1n) is 4.32. The number of aliphatic hydroxyl groups is 1. The average Bonchev–Trinajstić information content (AvgIpc) is 2.18. The largest absolute Gasteiger partial charge is 0.392 e. The summed E-state index contributed by atoms with van der Waals surface area (Å²) in [6.45, 7) is 3.65. The van der Waals surface area contributed by atoms with Gasteiger partial charge in [0.15, 0.2) is 0 Å². The van der Waals surface area contributed by atoms with Crippen LogP contribution in [0.2, 0.25) is 0 Å². The van der Waals surface area contributed by atoms with Crippen LogP contribution >= 0.6 is 15.9 Å². The number of hydrogen-bond acceptors (Lipinski definition) is 2. The molecular formula is C11H12BrNO. The quantitative estimate of drug-likeness (QED) is 0.881. The molecule has 1 aromatic carbocycles. The van der Waals surface area contributed by atoms with Crippen molar-refractivity contribution >= 4 is 15.9 Å². The van der Waals surface area contributed by atoms with Crippen LogP contribution in [0.4, 0.5) is 0 Å². The van der Waals surface area contributed by atoms with Crippen LogP contribution in [0, 0.1) is 11.3 Å². The van der Waals surface area contributed by atoms with Gasteiger partial charge in [0.05, 0.1) is 18.1 Å². The number of nitriles is 1. The summed E-state index contributed by atoms with van der Waals surface area (Å²) in [5, 5.41) is 18.2. The predicted molar refractivity (Wildman–Crippen MR) is 58.7 cm³/mol. The molecule has 1 N–H and O–H groups in total. The molecular weight excluding hydrogens is 242 g/mol. The van der Waals surface area contributed by atoms with Gasteiger partial charge in [-0.1, -0.05) is 22.0 Å². The Morgan fingerprint density at radius 3 is 2.64 bits per heavy atom. The van der Waals surface area contributed by atoms with Gasteiger partial charge in [-0.25, -0.2) is 0 Å². The van der Waals surface area contributed by atoms with Gasteiger partial charge in [0.25, 0.3) is 0 Å². The summed E-state index contributed by atoms with van der Waals surface area (Å²) in [6, 6.07) is 7.81. The molecule has 74 valence electrons. The molecule has 0 aliphatic rings. The fraction of sp³-hybridized carbons (Fsp3) is 0.364. The summed E-state index contributed by atoms with van der Waals surface area (Å²) in [5.41, 5.74) is 1.11. The number of benzene rings is 1. The Balaban J connectivity index is 3.32. The zero-order valence-corrected chi connectivity index (χ0v) is 9.80. The highest BCUT2D eigenvalue weighted by Crippen LogP contribution is 2.28. The number of nitrogens with zero attached hydrogens (tertiary/aromatic N) is 1. The first-order chi connectivity index (χ1) is 6.51. The van der Waals surface area contributed by atoms with Crippen LogP contribution in [-0.4, -0.2) is 5.11 Å². The normalized spacial score (nSPS) is 11.1. The molecule has 0 fully saturated rings. The van der Waals surface area contributed by atoms with Crippen molar-refractivity contribution in [2.75, 3.05) is 0 Å². The summed E-state index contributed by atoms with van der Waals surface area (Å²) in [4.78, 5) is 0. The second-order valence-electron chi connectivity index (χ2n) is 3.70. The molecule has 0 radical (unpaired) electrons. The van der Waals surface area contributed by atoms with E-state index in [2.05, 4.69) is 22.0 Å². The standard InChI is InChI=1S/C11H12BrNO/c1-11(2,7-13)10-5-9(12)4-3-8(10)6-14/h3-5,14H,6H2,1-2H3. The van der Waals surface area contributed by atoms with Crippen molar-refractivity contribution in [1.82, 2.24) is 0 Å². The molecule has 1 aromatic rings. The van der Waals surface area contributed by atoms with Gasteiger partial charge in [-0.15, -0.1) is 0 Å². The Bertz CT molecular complexity index is 379. The van der Waals surface area contributed by atoms with Gasteiger partial charge >= 0.3 is 0 Å². The lowest BCUT2D eigenvalue weighted by Gasteiger charge is -2.19. The van der Waals surface area contributed by atoms with Gasteiger partial charge in [0, 0.05) is 4.47 Å². The molecule has 0 saturated heterocycles. The molecule has 0 amide bonds. The minimum absolute atomic E-state index is 0.0340. The van der Waals surface area contributed by atoms with E-state index in [-0.39, 0.29) is 6.61 Å². The number of hydrogen-bond donors (Lipinski definition) is 1. The van der Waals surface area contributed by atoms with Gasteiger partial charge in [-0.3, -0.25) is 0 Å². The van der Waals surface area contributed by atoms with Gasteiger partial charge in [-0.2, -0.15) is 5.26 Å². The maximum atomic E-state index is 9.14. The van der Waals surface area contributed by atoms with Gasteiger partial charge in [0.1, 0.15) is 0 Å². The third-order valence-corrected chi connectivity index (χ3v) is 2.69. The molecule has 14 heavy (non-hydrogen) atoms.